The average Bonchev–Trinajstić information content (AvgIpc) is 3.50. The summed E-state index contributed by atoms with van der Waals surface area (Å²) >= 11 is 0. The fourth-order valence-electron chi connectivity index (χ4n) is 6.52. The van der Waals surface area contributed by atoms with Crippen LogP contribution in [-0.2, 0) is 5.41 Å². The summed E-state index contributed by atoms with van der Waals surface area (Å²) in [4.78, 5) is 0. The predicted molar refractivity (Wildman–Crippen MR) is 171 cm³/mol. The van der Waals surface area contributed by atoms with Crippen molar-refractivity contribution in [3.8, 4) is 11.4 Å². The summed E-state index contributed by atoms with van der Waals surface area (Å²) in [6.07, 6.45) is 0. The molecule has 0 N–H and O–H groups in total. The van der Waals surface area contributed by atoms with Gasteiger partial charge >= 0.3 is 0 Å². The van der Waals surface area contributed by atoms with Crippen molar-refractivity contribution in [2.45, 2.75) is 26.2 Å². The number of nitrogens with zero attached hydrogens (tertiary/aromatic N) is 2. The van der Waals surface area contributed by atoms with Crippen LogP contribution in [0, 0.1) is 0 Å². The lowest BCUT2D eigenvalue weighted by molar-refractivity contribution is 0.591. The molecule has 0 saturated carbocycles. The minimum atomic E-state index is 0.0549. The van der Waals surface area contributed by atoms with Crippen LogP contribution in [0.3, 0.4) is 0 Å². The number of hydrogen-bond acceptors (Lipinski definition) is 0. The van der Waals surface area contributed by atoms with E-state index in [4.69, 9.17) is 0 Å². The number of para-hydroxylation sites is 2. The van der Waals surface area contributed by atoms with E-state index in [1.807, 2.05) is 0 Å². The first-order chi connectivity index (χ1) is 19.5. The largest absolute Gasteiger partial charge is 0.307 e. The number of aromatic nitrogens is 2. The van der Waals surface area contributed by atoms with Gasteiger partial charge in [0, 0.05) is 32.9 Å². The summed E-state index contributed by atoms with van der Waals surface area (Å²) in [6.45, 7) is 6.88. The molecule has 2 heteroatoms. The number of rotatable bonds is 2. The molecule has 8 aromatic rings. The molecule has 2 nitrogen and oxygen atoms in total. The van der Waals surface area contributed by atoms with Crippen LogP contribution in [0.15, 0.2) is 127 Å². The third kappa shape index (κ3) is 3.23. The fraction of sp³-hybridized carbons (Fsp3) is 0.105. The van der Waals surface area contributed by atoms with Crippen LogP contribution < -0.4 is 0 Å². The average molecular weight is 515 g/mol. The third-order valence-electron chi connectivity index (χ3n) is 8.44. The molecule has 0 bridgehead atoms. The molecule has 0 atom stereocenters. The first kappa shape index (κ1) is 23.1. The standard InChI is InChI=1S/C38H30N2/c1-38(2,3)26-19-20-30-31-21-22-32-35-29-17-11-10-12-25(29)18-23-33(35)39(27-13-6-4-7-14-27)37(32)36(31)40(34(30)24-26)28-15-8-5-9-16-28/h4-24H,1-3H3. The van der Waals surface area contributed by atoms with Crippen molar-refractivity contribution >= 4 is 54.4 Å². The van der Waals surface area contributed by atoms with Crippen LogP contribution in [0.25, 0.3) is 65.8 Å². The zero-order valence-corrected chi connectivity index (χ0v) is 23.0. The van der Waals surface area contributed by atoms with E-state index >= 15 is 0 Å². The van der Waals surface area contributed by atoms with Crippen LogP contribution in [0.1, 0.15) is 26.3 Å². The van der Waals surface area contributed by atoms with E-state index in [0.29, 0.717) is 0 Å². The van der Waals surface area contributed by atoms with Gasteiger partial charge in [-0.1, -0.05) is 112 Å². The smallest absolute Gasteiger partial charge is 0.0789 e. The Labute approximate surface area is 233 Å². The molecule has 0 radical (unpaired) electrons. The lowest BCUT2D eigenvalue weighted by Gasteiger charge is -2.19. The molecule has 0 amide bonds. The van der Waals surface area contributed by atoms with Gasteiger partial charge < -0.3 is 9.13 Å². The Balaban J connectivity index is 1.67. The first-order valence-corrected chi connectivity index (χ1v) is 14.0. The van der Waals surface area contributed by atoms with E-state index in [9.17, 15) is 0 Å². The maximum Gasteiger partial charge on any atom is 0.0789 e. The van der Waals surface area contributed by atoms with Crippen LogP contribution in [0.4, 0.5) is 0 Å². The molecule has 0 aliphatic carbocycles. The minimum absolute atomic E-state index is 0.0549. The highest BCUT2D eigenvalue weighted by atomic mass is 15.0. The minimum Gasteiger partial charge on any atom is -0.307 e. The molecular formula is C38H30N2. The van der Waals surface area contributed by atoms with E-state index < -0.39 is 0 Å². The van der Waals surface area contributed by atoms with E-state index in [0.717, 1.165) is 0 Å². The first-order valence-electron chi connectivity index (χ1n) is 14.0. The molecule has 40 heavy (non-hydrogen) atoms. The second-order valence-electron chi connectivity index (χ2n) is 11.9. The molecular weight excluding hydrogens is 484 g/mol. The predicted octanol–water partition coefficient (Wildman–Crippen LogP) is 10.3. The van der Waals surface area contributed by atoms with Gasteiger partial charge in [0.05, 0.1) is 22.1 Å². The van der Waals surface area contributed by atoms with E-state index in [-0.39, 0.29) is 5.41 Å². The summed E-state index contributed by atoms with van der Waals surface area (Å²) < 4.78 is 4.96. The second kappa shape index (κ2) is 8.34. The van der Waals surface area contributed by atoms with Crippen LogP contribution in [-0.4, -0.2) is 9.13 Å². The summed E-state index contributed by atoms with van der Waals surface area (Å²) in [7, 11) is 0. The molecule has 192 valence electrons. The molecule has 0 saturated heterocycles. The van der Waals surface area contributed by atoms with Gasteiger partial charge in [-0.15, -0.1) is 0 Å². The van der Waals surface area contributed by atoms with Crippen LogP contribution in [0.5, 0.6) is 0 Å². The summed E-state index contributed by atoms with van der Waals surface area (Å²) in [5.41, 5.74) is 8.70. The van der Waals surface area contributed by atoms with Gasteiger partial charge in [0.25, 0.3) is 0 Å². The molecule has 6 aromatic carbocycles. The molecule has 8 rings (SSSR count). The SMILES string of the molecule is CC(C)(C)c1ccc2c3ccc4c5c6ccccc6ccc5n(-c5ccccc5)c4c3n(-c3ccccc3)c2c1. The Morgan fingerprint density at radius 3 is 1.73 bits per heavy atom. The topological polar surface area (TPSA) is 9.86 Å². The number of fused-ring (bicyclic) bond motifs is 9. The van der Waals surface area contributed by atoms with Gasteiger partial charge in [-0.2, -0.15) is 0 Å². The lowest BCUT2D eigenvalue weighted by Crippen LogP contribution is -2.10. The fourth-order valence-corrected chi connectivity index (χ4v) is 6.52. The zero-order chi connectivity index (χ0) is 27.0. The second-order valence-corrected chi connectivity index (χ2v) is 11.9. The van der Waals surface area contributed by atoms with E-state index in [1.54, 1.807) is 0 Å². The van der Waals surface area contributed by atoms with Crippen molar-refractivity contribution < 1.29 is 0 Å². The number of benzene rings is 6. The molecule has 0 aliphatic heterocycles. The number of hydrogen-bond donors (Lipinski definition) is 0. The quantitative estimate of drug-likeness (QED) is 0.217. The van der Waals surface area contributed by atoms with Crippen LogP contribution >= 0.6 is 0 Å². The van der Waals surface area contributed by atoms with Crippen LogP contribution in [0.2, 0.25) is 0 Å². The van der Waals surface area contributed by atoms with E-state index in [1.165, 1.54) is 71.3 Å². The summed E-state index contributed by atoms with van der Waals surface area (Å²) in [5.74, 6) is 0. The van der Waals surface area contributed by atoms with E-state index in [2.05, 4.69) is 157 Å². The molecule has 0 spiro atoms. The van der Waals surface area contributed by atoms with Crippen molar-refractivity contribution in [3.63, 3.8) is 0 Å². The molecule has 0 aliphatic rings. The van der Waals surface area contributed by atoms with Crippen molar-refractivity contribution in [2.24, 2.45) is 0 Å². The molecule has 0 unspecified atom stereocenters. The molecule has 2 heterocycles. The molecule has 2 aromatic heterocycles. The summed E-state index contributed by atoms with van der Waals surface area (Å²) in [5, 5.41) is 7.69. The maximum atomic E-state index is 2.49. The van der Waals surface area contributed by atoms with Gasteiger partial charge in [0.1, 0.15) is 0 Å². The Hall–Kier alpha value is -4.82. The van der Waals surface area contributed by atoms with Gasteiger partial charge in [0.15, 0.2) is 0 Å². The molecule has 0 fully saturated rings. The Kier molecular flexibility index (Phi) is 4.82. The maximum absolute atomic E-state index is 2.49. The lowest BCUT2D eigenvalue weighted by atomic mass is 9.86. The van der Waals surface area contributed by atoms with Crippen molar-refractivity contribution in [1.29, 1.82) is 0 Å². The normalized spacial score (nSPS) is 12.4. The van der Waals surface area contributed by atoms with Gasteiger partial charge in [-0.25, -0.2) is 0 Å². The van der Waals surface area contributed by atoms with Gasteiger partial charge in [0.2, 0.25) is 0 Å². The van der Waals surface area contributed by atoms with Gasteiger partial charge in [-0.3, -0.25) is 0 Å². The Bertz CT molecular complexity index is 2220. The Morgan fingerprint density at radius 2 is 1.02 bits per heavy atom. The highest BCUT2D eigenvalue weighted by Gasteiger charge is 2.23. The van der Waals surface area contributed by atoms with Crippen molar-refractivity contribution in [3.05, 3.63) is 133 Å². The van der Waals surface area contributed by atoms with Crippen molar-refractivity contribution in [1.82, 2.24) is 9.13 Å². The third-order valence-corrected chi connectivity index (χ3v) is 8.44. The monoisotopic (exact) mass is 514 g/mol. The highest BCUT2D eigenvalue weighted by Crippen LogP contribution is 2.44. The van der Waals surface area contributed by atoms with Gasteiger partial charge in [-0.05, 0) is 58.1 Å². The highest BCUT2D eigenvalue weighted by molar-refractivity contribution is 6.28. The summed E-state index contributed by atoms with van der Waals surface area (Å²) in [6, 6.07) is 46.7. The van der Waals surface area contributed by atoms with Crippen molar-refractivity contribution in [2.75, 3.05) is 0 Å². The Morgan fingerprint density at radius 1 is 0.450 bits per heavy atom. The zero-order valence-electron chi connectivity index (χ0n) is 23.0.